The third-order valence-corrected chi connectivity index (χ3v) is 7.93. The molecule has 2 aliphatic heterocycles. The highest BCUT2D eigenvalue weighted by atomic mass is 35.5. The number of hydrogen-bond donors (Lipinski definition) is 0. The molecule has 0 bridgehead atoms. The maximum Gasteiger partial charge on any atom is 0.262 e. The number of para-hydroxylation sites is 1. The van der Waals surface area contributed by atoms with Crippen LogP contribution in [0.3, 0.4) is 0 Å². The molecule has 4 rings (SSSR count). The molecule has 28 heavy (non-hydrogen) atoms. The summed E-state index contributed by atoms with van der Waals surface area (Å²) in [4.78, 5) is 17.7. The Morgan fingerprint density at radius 3 is 2.46 bits per heavy atom. The molecule has 0 spiro atoms. The number of carbonyl (C=O) groups excluding carboxylic acids is 1. The maximum absolute atomic E-state index is 12.1. The molecule has 9 heteroatoms. The minimum Gasteiger partial charge on any atom is -0.457 e. The topological polar surface area (TPSA) is 76.0 Å². The predicted molar refractivity (Wildman–Crippen MR) is 112 cm³/mol. The first-order valence-electron chi connectivity index (χ1n) is 8.62. The zero-order valence-electron chi connectivity index (χ0n) is 14.7. The molecule has 0 aliphatic carbocycles. The SMILES string of the molecule is O=C(CCl)N=C1S[C@@H]2CS(=O)(=O)C[C@@H]2N1c1ccc(Oc2ccccc2)cc1. The fraction of sp³-hybridized carbons (Fsp3) is 0.263. The summed E-state index contributed by atoms with van der Waals surface area (Å²) < 4.78 is 30.0. The molecular weight excluding hydrogens is 420 g/mol. The van der Waals surface area contributed by atoms with Crippen LogP contribution in [0, 0.1) is 0 Å². The summed E-state index contributed by atoms with van der Waals surface area (Å²) in [6.45, 7) is 0. The van der Waals surface area contributed by atoms with Crippen molar-refractivity contribution in [2.24, 2.45) is 4.99 Å². The van der Waals surface area contributed by atoms with E-state index < -0.39 is 15.7 Å². The van der Waals surface area contributed by atoms with Crippen LogP contribution in [0.1, 0.15) is 0 Å². The summed E-state index contributed by atoms with van der Waals surface area (Å²) in [6, 6.07) is 16.5. The molecule has 6 nitrogen and oxygen atoms in total. The van der Waals surface area contributed by atoms with Gasteiger partial charge in [-0.2, -0.15) is 4.99 Å². The first-order valence-corrected chi connectivity index (χ1v) is 11.9. The molecule has 0 unspecified atom stereocenters. The van der Waals surface area contributed by atoms with Gasteiger partial charge in [0.25, 0.3) is 5.91 Å². The van der Waals surface area contributed by atoms with Crippen molar-refractivity contribution >= 4 is 50.0 Å². The van der Waals surface area contributed by atoms with Crippen molar-refractivity contribution in [3.8, 4) is 11.5 Å². The van der Waals surface area contributed by atoms with Crippen molar-refractivity contribution in [1.82, 2.24) is 0 Å². The second-order valence-electron chi connectivity index (χ2n) is 6.50. The number of nitrogens with zero attached hydrogens (tertiary/aromatic N) is 2. The third-order valence-electron chi connectivity index (χ3n) is 4.50. The fourth-order valence-electron chi connectivity index (χ4n) is 3.30. The van der Waals surface area contributed by atoms with Crippen LogP contribution < -0.4 is 9.64 Å². The van der Waals surface area contributed by atoms with Gasteiger partial charge < -0.3 is 9.64 Å². The third kappa shape index (κ3) is 4.04. The number of amidine groups is 1. The lowest BCUT2D eigenvalue weighted by Crippen LogP contribution is -2.37. The number of ether oxygens (including phenoxy) is 1. The number of halogens is 1. The van der Waals surface area contributed by atoms with Crippen LogP contribution in [0.4, 0.5) is 5.69 Å². The summed E-state index contributed by atoms with van der Waals surface area (Å²) in [5, 5.41) is 0.347. The van der Waals surface area contributed by atoms with Crippen molar-refractivity contribution in [2.75, 3.05) is 22.3 Å². The van der Waals surface area contributed by atoms with Crippen molar-refractivity contribution in [2.45, 2.75) is 11.3 Å². The van der Waals surface area contributed by atoms with Gasteiger partial charge in [-0.15, -0.1) is 11.6 Å². The molecule has 0 N–H and O–H groups in total. The summed E-state index contributed by atoms with van der Waals surface area (Å²) in [6.07, 6.45) is 0. The molecule has 2 saturated heterocycles. The number of alkyl halides is 1. The first kappa shape index (κ1) is 19.3. The molecule has 2 atom stereocenters. The number of rotatable bonds is 4. The zero-order chi connectivity index (χ0) is 19.7. The lowest BCUT2D eigenvalue weighted by Gasteiger charge is -2.24. The zero-order valence-corrected chi connectivity index (χ0v) is 17.1. The smallest absolute Gasteiger partial charge is 0.262 e. The van der Waals surface area contributed by atoms with E-state index in [1.807, 2.05) is 59.5 Å². The Kier molecular flexibility index (Phi) is 5.35. The minimum atomic E-state index is -3.11. The molecule has 0 aromatic heterocycles. The number of amides is 1. The van der Waals surface area contributed by atoms with E-state index in [0.29, 0.717) is 10.9 Å². The molecule has 2 fully saturated rings. The lowest BCUT2D eigenvalue weighted by molar-refractivity contribution is -0.115. The average molecular weight is 437 g/mol. The quantitative estimate of drug-likeness (QED) is 0.684. The minimum absolute atomic E-state index is 0.0427. The average Bonchev–Trinajstić information content (AvgIpc) is 3.14. The number of anilines is 1. The Balaban J connectivity index is 1.62. The molecule has 2 aromatic carbocycles. The van der Waals surface area contributed by atoms with Crippen LogP contribution in [-0.2, 0) is 14.6 Å². The summed E-state index contributed by atoms with van der Waals surface area (Å²) in [7, 11) is -3.11. The van der Waals surface area contributed by atoms with Crippen LogP contribution in [-0.4, -0.2) is 48.2 Å². The summed E-state index contributed by atoms with van der Waals surface area (Å²) >= 11 is 6.91. The van der Waals surface area contributed by atoms with Gasteiger partial charge in [0, 0.05) is 10.9 Å². The Morgan fingerprint density at radius 2 is 1.79 bits per heavy atom. The fourth-order valence-corrected chi connectivity index (χ4v) is 7.29. The number of thioether (sulfide) groups is 1. The molecule has 2 aliphatic rings. The van der Waals surface area contributed by atoms with Gasteiger partial charge in [0.05, 0.1) is 17.5 Å². The Hall–Kier alpha value is -2.03. The second-order valence-corrected chi connectivity index (χ2v) is 10.1. The molecule has 0 saturated carbocycles. The highest BCUT2D eigenvalue weighted by molar-refractivity contribution is 8.16. The van der Waals surface area contributed by atoms with Crippen molar-refractivity contribution < 1.29 is 17.9 Å². The molecule has 146 valence electrons. The highest BCUT2D eigenvalue weighted by Gasteiger charge is 2.49. The summed E-state index contributed by atoms with van der Waals surface area (Å²) in [5.74, 6) is 0.857. The molecule has 1 amide bonds. The van der Waals surface area contributed by atoms with E-state index >= 15 is 0 Å². The van der Waals surface area contributed by atoms with E-state index in [-0.39, 0.29) is 28.7 Å². The van der Waals surface area contributed by atoms with Crippen molar-refractivity contribution in [1.29, 1.82) is 0 Å². The van der Waals surface area contributed by atoms with Crippen LogP contribution >= 0.6 is 23.4 Å². The van der Waals surface area contributed by atoms with Gasteiger partial charge >= 0.3 is 0 Å². The second kappa shape index (κ2) is 7.77. The molecular formula is C19H17ClN2O4S2. The van der Waals surface area contributed by atoms with Gasteiger partial charge in [-0.05, 0) is 36.4 Å². The number of fused-ring (bicyclic) bond motifs is 1. The number of benzene rings is 2. The molecule has 2 heterocycles. The van der Waals surface area contributed by atoms with Gasteiger partial charge in [0.1, 0.15) is 17.4 Å². The number of sulfone groups is 1. The number of aliphatic imine (C=N–C) groups is 1. The Morgan fingerprint density at radius 1 is 1.11 bits per heavy atom. The van der Waals surface area contributed by atoms with Gasteiger partial charge in [-0.3, -0.25) is 4.79 Å². The summed E-state index contributed by atoms with van der Waals surface area (Å²) in [5.41, 5.74) is 0.763. The van der Waals surface area contributed by atoms with Gasteiger partial charge in [-0.1, -0.05) is 30.0 Å². The first-order chi connectivity index (χ1) is 13.4. The van der Waals surface area contributed by atoms with Crippen LogP contribution in [0.25, 0.3) is 0 Å². The normalized spacial score (nSPS) is 24.3. The van der Waals surface area contributed by atoms with Crippen LogP contribution in [0.2, 0.25) is 0 Å². The van der Waals surface area contributed by atoms with Crippen molar-refractivity contribution in [3.05, 3.63) is 54.6 Å². The van der Waals surface area contributed by atoms with E-state index in [2.05, 4.69) is 4.99 Å². The van der Waals surface area contributed by atoms with E-state index in [4.69, 9.17) is 16.3 Å². The van der Waals surface area contributed by atoms with E-state index in [9.17, 15) is 13.2 Å². The van der Waals surface area contributed by atoms with E-state index in [0.717, 1.165) is 11.4 Å². The van der Waals surface area contributed by atoms with Gasteiger partial charge in [0.2, 0.25) is 0 Å². The predicted octanol–water partition coefficient (Wildman–Crippen LogP) is 3.32. The lowest BCUT2D eigenvalue weighted by atomic mass is 10.2. The largest absolute Gasteiger partial charge is 0.457 e. The monoisotopic (exact) mass is 436 g/mol. The Labute approximate surface area is 172 Å². The number of carbonyl (C=O) groups is 1. The van der Waals surface area contributed by atoms with Crippen molar-refractivity contribution in [3.63, 3.8) is 0 Å². The van der Waals surface area contributed by atoms with E-state index in [1.165, 1.54) is 11.8 Å². The van der Waals surface area contributed by atoms with Gasteiger partial charge in [-0.25, -0.2) is 8.42 Å². The Bertz CT molecular complexity index is 1010. The van der Waals surface area contributed by atoms with Crippen LogP contribution in [0.15, 0.2) is 59.6 Å². The van der Waals surface area contributed by atoms with Crippen LogP contribution in [0.5, 0.6) is 11.5 Å². The standard InChI is InChI=1S/C19H17ClN2O4S2/c20-10-18(23)21-19-22(16-11-28(24,25)12-17(16)27-19)13-6-8-15(9-7-13)26-14-4-2-1-3-5-14/h1-9,16-17H,10-12H2/t16-,17+/m0/s1. The number of hydrogen-bond acceptors (Lipinski definition) is 5. The molecule has 2 aromatic rings. The maximum atomic E-state index is 12.1. The molecule has 0 radical (unpaired) electrons. The van der Waals surface area contributed by atoms with E-state index in [1.54, 1.807) is 0 Å². The van der Waals surface area contributed by atoms with Gasteiger partial charge in [0.15, 0.2) is 15.0 Å². The highest BCUT2D eigenvalue weighted by Crippen LogP contribution is 2.41.